The Morgan fingerprint density at radius 2 is 2.41 bits per heavy atom. The van der Waals surface area contributed by atoms with E-state index in [2.05, 4.69) is 11.5 Å². The molecule has 0 spiro atoms. The number of fused-ring (bicyclic) bond motifs is 1. The van der Waals surface area contributed by atoms with Crippen LogP contribution in [0.4, 0.5) is 5.69 Å². The van der Waals surface area contributed by atoms with Crippen LogP contribution in [0.2, 0.25) is 0 Å². The first kappa shape index (κ1) is 10.6. The molecule has 2 N–H and O–H groups in total. The molecule has 4 heteroatoms. The molecule has 17 heavy (non-hydrogen) atoms. The molecular formula is C13H17N3O. The number of hydrogen-bond acceptors (Lipinski definition) is 3. The largest absolute Gasteiger partial charge is 0.399 e. The summed E-state index contributed by atoms with van der Waals surface area (Å²) in [5, 5.41) is 0. The molecule has 1 atom stereocenters. The third-order valence-corrected chi connectivity index (χ3v) is 3.41. The van der Waals surface area contributed by atoms with Crippen molar-refractivity contribution in [1.82, 2.24) is 9.55 Å². The first-order valence-electron chi connectivity index (χ1n) is 6.13. The zero-order chi connectivity index (χ0) is 11.8. The van der Waals surface area contributed by atoms with Crippen LogP contribution in [0.5, 0.6) is 0 Å². The maximum atomic E-state index is 5.84. The second-order valence-corrected chi connectivity index (χ2v) is 4.52. The van der Waals surface area contributed by atoms with E-state index in [0.29, 0.717) is 5.92 Å². The number of aromatic nitrogens is 2. The van der Waals surface area contributed by atoms with E-state index in [1.54, 1.807) is 0 Å². The summed E-state index contributed by atoms with van der Waals surface area (Å²) in [5.74, 6) is 1.58. The van der Waals surface area contributed by atoms with Crippen LogP contribution in [0.15, 0.2) is 18.2 Å². The number of nitrogen functional groups attached to an aromatic ring is 1. The van der Waals surface area contributed by atoms with Gasteiger partial charge in [0.05, 0.1) is 17.6 Å². The summed E-state index contributed by atoms with van der Waals surface area (Å²) >= 11 is 0. The van der Waals surface area contributed by atoms with Gasteiger partial charge in [0.1, 0.15) is 5.82 Å². The quantitative estimate of drug-likeness (QED) is 0.806. The van der Waals surface area contributed by atoms with Crippen LogP contribution in [-0.4, -0.2) is 22.8 Å². The molecule has 1 fully saturated rings. The van der Waals surface area contributed by atoms with Crippen LogP contribution < -0.4 is 5.73 Å². The van der Waals surface area contributed by atoms with Crippen molar-refractivity contribution < 1.29 is 4.74 Å². The highest BCUT2D eigenvalue weighted by atomic mass is 16.5. The van der Waals surface area contributed by atoms with Crippen molar-refractivity contribution in [2.75, 3.05) is 18.9 Å². The molecule has 0 aliphatic carbocycles. The van der Waals surface area contributed by atoms with Gasteiger partial charge >= 0.3 is 0 Å². The Kier molecular flexibility index (Phi) is 2.52. The van der Waals surface area contributed by atoms with Crippen LogP contribution in [0.3, 0.4) is 0 Å². The van der Waals surface area contributed by atoms with E-state index in [1.165, 1.54) is 0 Å². The summed E-state index contributed by atoms with van der Waals surface area (Å²) in [6.07, 6.45) is 1.07. The van der Waals surface area contributed by atoms with Gasteiger partial charge in [-0.3, -0.25) is 0 Å². The molecular weight excluding hydrogens is 214 g/mol. The van der Waals surface area contributed by atoms with E-state index in [0.717, 1.165) is 48.7 Å². The standard InChI is InChI=1S/C13H17N3O/c1-2-16-12-7-10(14)3-4-11(12)15-13(16)9-5-6-17-8-9/h3-4,7,9H,2,5-6,8,14H2,1H3. The Morgan fingerprint density at radius 3 is 3.12 bits per heavy atom. The summed E-state index contributed by atoms with van der Waals surface area (Å²) in [4.78, 5) is 4.73. The van der Waals surface area contributed by atoms with Gasteiger partial charge in [0, 0.05) is 24.8 Å². The van der Waals surface area contributed by atoms with Gasteiger partial charge in [-0.05, 0) is 31.5 Å². The van der Waals surface area contributed by atoms with E-state index in [4.69, 9.17) is 15.5 Å². The zero-order valence-electron chi connectivity index (χ0n) is 10.0. The first-order chi connectivity index (χ1) is 8.29. The lowest BCUT2D eigenvalue weighted by atomic mass is 10.1. The fourth-order valence-electron chi connectivity index (χ4n) is 2.54. The number of nitrogens with zero attached hydrogens (tertiary/aromatic N) is 2. The molecule has 4 nitrogen and oxygen atoms in total. The maximum Gasteiger partial charge on any atom is 0.115 e. The highest BCUT2D eigenvalue weighted by molar-refractivity contribution is 5.79. The van der Waals surface area contributed by atoms with E-state index in [9.17, 15) is 0 Å². The third-order valence-electron chi connectivity index (χ3n) is 3.41. The SMILES string of the molecule is CCn1c(C2CCOC2)nc2ccc(N)cc21. The molecule has 90 valence electrons. The predicted octanol–water partition coefficient (Wildman–Crippen LogP) is 2.14. The molecule has 3 rings (SSSR count). The molecule has 1 aliphatic rings. The number of nitrogens with two attached hydrogens (primary N) is 1. The Morgan fingerprint density at radius 1 is 1.53 bits per heavy atom. The van der Waals surface area contributed by atoms with Crippen molar-refractivity contribution >= 4 is 16.7 Å². The fraction of sp³-hybridized carbons (Fsp3) is 0.462. The molecule has 1 saturated heterocycles. The molecule has 1 aliphatic heterocycles. The highest BCUT2D eigenvalue weighted by Gasteiger charge is 2.23. The van der Waals surface area contributed by atoms with Gasteiger partial charge in [0.2, 0.25) is 0 Å². The van der Waals surface area contributed by atoms with Crippen molar-refractivity contribution in [3.05, 3.63) is 24.0 Å². The predicted molar refractivity (Wildman–Crippen MR) is 68.0 cm³/mol. The number of rotatable bonds is 2. The summed E-state index contributed by atoms with van der Waals surface area (Å²) in [6, 6.07) is 5.91. The van der Waals surface area contributed by atoms with Crippen LogP contribution in [0, 0.1) is 0 Å². The topological polar surface area (TPSA) is 53.1 Å². The molecule has 0 saturated carbocycles. The summed E-state index contributed by atoms with van der Waals surface area (Å²) < 4.78 is 7.71. The van der Waals surface area contributed by atoms with Gasteiger partial charge in [-0.1, -0.05) is 0 Å². The van der Waals surface area contributed by atoms with Gasteiger partial charge in [-0.25, -0.2) is 4.98 Å². The Labute approximate surface area is 100 Å². The molecule has 1 aromatic heterocycles. The molecule has 0 bridgehead atoms. The number of anilines is 1. The van der Waals surface area contributed by atoms with E-state index >= 15 is 0 Å². The van der Waals surface area contributed by atoms with E-state index in [-0.39, 0.29) is 0 Å². The van der Waals surface area contributed by atoms with Gasteiger partial charge in [0.25, 0.3) is 0 Å². The number of aryl methyl sites for hydroxylation is 1. The molecule has 0 radical (unpaired) electrons. The molecule has 2 aromatic rings. The molecule has 0 amide bonds. The first-order valence-corrected chi connectivity index (χ1v) is 6.13. The second-order valence-electron chi connectivity index (χ2n) is 4.52. The second kappa shape index (κ2) is 4.04. The monoisotopic (exact) mass is 231 g/mol. The fourth-order valence-corrected chi connectivity index (χ4v) is 2.54. The lowest BCUT2D eigenvalue weighted by Gasteiger charge is -2.10. The van der Waals surface area contributed by atoms with Crippen LogP contribution in [0.1, 0.15) is 25.1 Å². The Hall–Kier alpha value is -1.55. The zero-order valence-corrected chi connectivity index (χ0v) is 10.0. The highest BCUT2D eigenvalue weighted by Crippen LogP contribution is 2.28. The minimum Gasteiger partial charge on any atom is -0.399 e. The minimum absolute atomic E-state index is 0.434. The van der Waals surface area contributed by atoms with Crippen LogP contribution in [0.25, 0.3) is 11.0 Å². The molecule has 2 heterocycles. The number of hydrogen-bond donors (Lipinski definition) is 1. The maximum absolute atomic E-state index is 5.84. The van der Waals surface area contributed by atoms with Crippen molar-refractivity contribution in [3.8, 4) is 0 Å². The third kappa shape index (κ3) is 1.69. The minimum atomic E-state index is 0.434. The van der Waals surface area contributed by atoms with E-state index in [1.807, 2.05) is 18.2 Å². The summed E-state index contributed by atoms with van der Waals surface area (Å²) in [5.41, 5.74) is 8.80. The number of ether oxygens (including phenoxy) is 1. The van der Waals surface area contributed by atoms with Gasteiger partial charge in [0.15, 0.2) is 0 Å². The van der Waals surface area contributed by atoms with Crippen molar-refractivity contribution in [2.45, 2.75) is 25.8 Å². The average molecular weight is 231 g/mol. The van der Waals surface area contributed by atoms with E-state index < -0.39 is 0 Å². The molecule has 1 aromatic carbocycles. The Bertz CT molecular complexity index is 541. The molecule has 1 unspecified atom stereocenters. The van der Waals surface area contributed by atoms with Crippen LogP contribution >= 0.6 is 0 Å². The van der Waals surface area contributed by atoms with Gasteiger partial charge in [-0.15, -0.1) is 0 Å². The normalized spacial score (nSPS) is 20.2. The number of imidazole rings is 1. The smallest absolute Gasteiger partial charge is 0.115 e. The Balaban J connectivity index is 2.17. The van der Waals surface area contributed by atoms with Crippen LogP contribution in [-0.2, 0) is 11.3 Å². The van der Waals surface area contributed by atoms with Crippen molar-refractivity contribution in [3.63, 3.8) is 0 Å². The van der Waals surface area contributed by atoms with Gasteiger partial charge in [-0.2, -0.15) is 0 Å². The lowest BCUT2D eigenvalue weighted by molar-refractivity contribution is 0.193. The average Bonchev–Trinajstić information content (AvgIpc) is 2.94. The van der Waals surface area contributed by atoms with Gasteiger partial charge < -0.3 is 15.0 Å². The number of benzene rings is 1. The lowest BCUT2D eigenvalue weighted by Crippen LogP contribution is -2.08. The van der Waals surface area contributed by atoms with Crippen molar-refractivity contribution in [2.24, 2.45) is 0 Å². The van der Waals surface area contributed by atoms with Crippen molar-refractivity contribution in [1.29, 1.82) is 0 Å². The summed E-state index contributed by atoms with van der Waals surface area (Å²) in [7, 11) is 0. The summed E-state index contributed by atoms with van der Waals surface area (Å²) in [6.45, 7) is 4.70.